The molecule has 0 bridgehead atoms. The fraction of sp³-hybridized carbons (Fsp3) is 0.368. The largest absolute Gasteiger partial charge is 0.496 e. The maximum absolute atomic E-state index is 12.5. The summed E-state index contributed by atoms with van der Waals surface area (Å²) >= 11 is 6.04. The molecule has 6 nitrogen and oxygen atoms in total. The Kier molecular flexibility index (Phi) is 8.31. The number of ether oxygens (including phenoxy) is 1. The van der Waals surface area contributed by atoms with Gasteiger partial charge in [-0.05, 0) is 29.8 Å². The third-order valence-corrected chi connectivity index (χ3v) is 4.72. The number of hydrogen-bond donors (Lipinski definition) is 2. The van der Waals surface area contributed by atoms with E-state index in [1.807, 2.05) is 24.4 Å². The number of hydrogen-bond acceptors (Lipinski definition) is 5. The van der Waals surface area contributed by atoms with Crippen molar-refractivity contribution >= 4 is 29.9 Å². The molecular weight excluding hydrogens is 387 g/mol. The van der Waals surface area contributed by atoms with Crippen molar-refractivity contribution in [3.8, 4) is 5.75 Å². The lowest BCUT2D eigenvalue weighted by atomic mass is 10.1. The average molecular weight is 411 g/mol. The van der Waals surface area contributed by atoms with Crippen molar-refractivity contribution in [2.24, 2.45) is 0 Å². The molecule has 1 fully saturated rings. The molecule has 2 N–H and O–H groups in total. The number of carbonyl (C=O) groups excluding carboxylic acids is 1. The number of aromatic nitrogens is 1. The smallest absolute Gasteiger partial charge is 0.234 e. The number of pyridine rings is 1. The van der Waals surface area contributed by atoms with E-state index in [1.165, 1.54) is 0 Å². The monoisotopic (exact) mass is 410 g/mol. The molecule has 0 spiro atoms. The Bertz CT molecular complexity index is 746. The van der Waals surface area contributed by atoms with Crippen LogP contribution in [-0.4, -0.2) is 49.1 Å². The van der Waals surface area contributed by atoms with Crippen LogP contribution in [0.2, 0.25) is 5.02 Å². The number of amides is 1. The number of methoxy groups -OCH3 is 1. The molecule has 27 heavy (non-hydrogen) atoms. The molecule has 1 atom stereocenters. The number of carbonyl (C=O) groups is 1. The van der Waals surface area contributed by atoms with Gasteiger partial charge in [0.2, 0.25) is 5.91 Å². The summed E-state index contributed by atoms with van der Waals surface area (Å²) < 4.78 is 5.32. The number of rotatable bonds is 6. The fourth-order valence-corrected chi connectivity index (χ4v) is 3.35. The van der Waals surface area contributed by atoms with Crippen LogP contribution in [0, 0.1) is 0 Å². The summed E-state index contributed by atoms with van der Waals surface area (Å²) in [5, 5.41) is 6.97. The Labute approximate surface area is 170 Å². The minimum atomic E-state index is -0.0252. The van der Waals surface area contributed by atoms with Crippen LogP contribution < -0.4 is 15.4 Å². The zero-order valence-corrected chi connectivity index (χ0v) is 16.7. The molecule has 1 unspecified atom stereocenters. The topological polar surface area (TPSA) is 66.5 Å². The third-order valence-electron chi connectivity index (χ3n) is 4.49. The molecule has 1 aliphatic rings. The van der Waals surface area contributed by atoms with E-state index in [9.17, 15) is 4.79 Å². The molecule has 2 aromatic rings. The molecule has 8 heteroatoms. The standard InChI is InChI=1S/C19H23ClN4O2.ClH/c1-26-18-5-4-16(20)9-15(18)11-23-19(25)13-24-8-7-22-12-17(24)14-3-2-6-21-10-14;/h2-6,9-10,17,22H,7-8,11-13H2,1H3,(H,23,25);1H. The first-order valence-corrected chi connectivity index (χ1v) is 8.99. The molecule has 3 rings (SSSR count). The Morgan fingerprint density at radius 1 is 1.44 bits per heavy atom. The summed E-state index contributed by atoms with van der Waals surface area (Å²) in [6.07, 6.45) is 3.62. The van der Waals surface area contributed by atoms with Crippen molar-refractivity contribution in [2.45, 2.75) is 12.6 Å². The van der Waals surface area contributed by atoms with Gasteiger partial charge in [0.25, 0.3) is 0 Å². The van der Waals surface area contributed by atoms with Gasteiger partial charge in [0.15, 0.2) is 0 Å². The van der Waals surface area contributed by atoms with E-state index in [0.29, 0.717) is 23.9 Å². The zero-order valence-electron chi connectivity index (χ0n) is 15.2. The van der Waals surface area contributed by atoms with E-state index in [-0.39, 0.29) is 24.4 Å². The normalized spacial score (nSPS) is 17.0. The quantitative estimate of drug-likeness (QED) is 0.765. The maximum Gasteiger partial charge on any atom is 0.234 e. The molecular formula is C19H24Cl2N4O2. The van der Waals surface area contributed by atoms with Gasteiger partial charge in [-0.25, -0.2) is 0 Å². The van der Waals surface area contributed by atoms with Crippen LogP contribution in [0.1, 0.15) is 17.2 Å². The number of piperazine rings is 1. The first kappa shape index (κ1) is 21.4. The lowest BCUT2D eigenvalue weighted by Crippen LogP contribution is -2.49. The Balaban J connectivity index is 0.00000261. The minimum absolute atomic E-state index is 0. The predicted octanol–water partition coefficient (Wildman–Crippen LogP) is 2.43. The summed E-state index contributed by atoms with van der Waals surface area (Å²) in [5.74, 6) is 0.688. The molecule has 1 aromatic carbocycles. The van der Waals surface area contributed by atoms with Crippen LogP contribution in [0.3, 0.4) is 0 Å². The van der Waals surface area contributed by atoms with E-state index in [1.54, 1.807) is 25.4 Å². The second-order valence-corrected chi connectivity index (χ2v) is 6.65. The highest BCUT2D eigenvalue weighted by Gasteiger charge is 2.25. The summed E-state index contributed by atoms with van der Waals surface area (Å²) in [4.78, 5) is 18.9. The van der Waals surface area contributed by atoms with Crippen LogP contribution >= 0.6 is 24.0 Å². The van der Waals surface area contributed by atoms with Crippen molar-refractivity contribution in [1.82, 2.24) is 20.5 Å². The van der Waals surface area contributed by atoms with Gasteiger partial charge in [-0.1, -0.05) is 17.7 Å². The fourth-order valence-electron chi connectivity index (χ4n) is 3.16. The number of nitrogens with one attached hydrogen (secondary N) is 2. The van der Waals surface area contributed by atoms with E-state index in [4.69, 9.17) is 16.3 Å². The van der Waals surface area contributed by atoms with E-state index in [2.05, 4.69) is 20.5 Å². The van der Waals surface area contributed by atoms with Gasteiger partial charge in [0.1, 0.15) is 5.75 Å². The summed E-state index contributed by atoms with van der Waals surface area (Å²) in [7, 11) is 1.60. The van der Waals surface area contributed by atoms with Crippen molar-refractivity contribution < 1.29 is 9.53 Å². The second-order valence-electron chi connectivity index (χ2n) is 6.21. The molecule has 0 aliphatic carbocycles. The van der Waals surface area contributed by atoms with Crippen LogP contribution in [0.5, 0.6) is 5.75 Å². The number of halogens is 2. The lowest BCUT2D eigenvalue weighted by molar-refractivity contribution is -0.123. The number of nitrogens with zero attached hydrogens (tertiary/aromatic N) is 2. The van der Waals surface area contributed by atoms with Crippen molar-refractivity contribution in [3.63, 3.8) is 0 Å². The summed E-state index contributed by atoms with van der Waals surface area (Å²) in [5.41, 5.74) is 1.97. The highest BCUT2D eigenvalue weighted by Crippen LogP contribution is 2.23. The molecule has 1 amide bonds. The minimum Gasteiger partial charge on any atom is -0.496 e. The Morgan fingerprint density at radius 3 is 3.04 bits per heavy atom. The molecule has 1 saturated heterocycles. The van der Waals surface area contributed by atoms with Gasteiger partial charge in [-0.2, -0.15) is 0 Å². The van der Waals surface area contributed by atoms with Gasteiger partial charge < -0.3 is 15.4 Å². The maximum atomic E-state index is 12.5. The highest BCUT2D eigenvalue weighted by molar-refractivity contribution is 6.30. The highest BCUT2D eigenvalue weighted by atomic mass is 35.5. The van der Waals surface area contributed by atoms with Crippen molar-refractivity contribution in [3.05, 3.63) is 58.9 Å². The molecule has 146 valence electrons. The van der Waals surface area contributed by atoms with Crippen molar-refractivity contribution in [2.75, 3.05) is 33.3 Å². The third kappa shape index (κ3) is 5.81. The van der Waals surface area contributed by atoms with Crippen LogP contribution in [-0.2, 0) is 11.3 Å². The molecule has 0 saturated carbocycles. The van der Waals surface area contributed by atoms with Gasteiger partial charge in [0, 0.05) is 55.2 Å². The first-order chi connectivity index (χ1) is 12.7. The van der Waals surface area contributed by atoms with Gasteiger partial charge in [-0.3, -0.25) is 14.7 Å². The molecule has 1 aliphatic heterocycles. The van der Waals surface area contributed by atoms with Crippen molar-refractivity contribution in [1.29, 1.82) is 0 Å². The lowest BCUT2D eigenvalue weighted by Gasteiger charge is -2.35. The molecule has 2 heterocycles. The summed E-state index contributed by atoms with van der Waals surface area (Å²) in [6, 6.07) is 9.50. The van der Waals surface area contributed by atoms with Crippen LogP contribution in [0.15, 0.2) is 42.7 Å². The van der Waals surface area contributed by atoms with E-state index >= 15 is 0 Å². The Hall–Kier alpha value is -1.86. The average Bonchev–Trinajstić information content (AvgIpc) is 2.67. The molecule has 0 radical (unpaired) electrons. The van der Waals surface area contributed by atoms with Gasteiger partial charge in [-0.15, -0.1) is 12.4 Å². The number of benzene rings is 1. The van der Waals surface area contributed by atoms with Crippen LogP contribution in [0.4, 0.5) is 0 Å². The van der Waals surface area contributed by atoms with Crippen LogP contribution in [0.25, 0.3) is 0 Å². The predicted molar refractivity (Wildman–Crippen MR) is 109 cm³/mol. The first-order valence-electron chi connectivity index (χ1n) is 8.61. The Morgan fingerprint density at radius 2 is 2.30 bits per heavy atom. The summed E-state index contributed by atoms with van der Waals surface area (Å²) in [6.45, 7) is 3.21. The van der Waals surface area contributed by atoms with E-state index in [0.717, 1.165) is 30.8 Å². The van der Waals surface area contributed by atoms with Gasteiger partial charge in [0.05, 0.1) is 13.7 Å². The SMILES string of the molecule is COc1ccc(Cl)cc1CNC(=O)CN1CCNCC1c1cccnc1.Cl. The van der Waals surface area contributed by atoms with E-state index < -0.39 is 0 Å². The van der Waals surface area contributed by atoms with Gasteiger partial charge >= 0.3 is 0 Å². The zero-order chi connectivity index (χ0) is 18.4. The molecule has 1 aromatic heterocycles. The second kappa shape index (κ2) is 10.5.